The lowest BCUT2D eigenvalue weighted by atomic mass is 9.95. The minimum atomic E-state index is -0.0183. The van der Waals surface area contributed by atoms with Crippen LogP contribution in [0.2, 0.25) is 0 Å². The minimum Gasteiger partial charge on any atom is -0.342 e. The summed E-state index contributed by atoms with van der Waals surface area (Å²) < 4.78 is 0. The Morgan fingerprint density at radius 1 is 1.25 bits per heavy atom. The summed E-state index contributed by atoms with van der Waals surface area (Å²) in [7, 11) is 0. The van der Waals surface area contributed by atoms with Crippen molar-refractivity contribution in [2.24, 2.45) is 11.8 Å². The van der Waals surface area contributed by atoms with Crippen molar-refractivity contribution in [2.75, 3.05) is 18.4 Å². The number of anilines is 1. The maximum atomic E-state index is 12.1. The van der Waals surface area contributed by atoms with Gasteiger partial charge < -0.3 is 10.2 Å². The van der Waals surface area contributed by atoms with E-state index in [4.69, 9.17) is 0 Å². The molecule has 2 fully saturated rings. The van der Waals surface area contributed by atoms with Crippen LogP contribution in [0.1, 0.15) is 31.4 Å². The summed E-state index contributed by atoms with van der Waals surface area (Å²) in [6, 6.07) is 1.81. The highest BCUT2D eigenvalue weighted by molar-refractivity contribution is 5.92. The zero-order valence-corrected chi connectivity index (χ0v) is 11.7. The van der Waals surface area contributed by atoms with Crippen molar-refractivity contribution in [1.82, 2.24) is 15.1 Å². The Bertz CT molecular complexity index is 513. The third kappa shape index (κ3) is 2.84. The highest BCUT2D eigenvalue weighted by Gasteiger charge is 2.35. The van der Waals surface area contributed by atoms with Crippen LogP contribution >= 0.6 is 0 Å². The fourth-order valence-corrected chi connectivity index (χ4v) is 2.66. The molecule has 2 aliphatic rings. The average Bonchev–Trinajstić information content (AvgIpc) is 3.22. The summed E-state index contributed by atoms with van der Waals surface area (Å²) in [5, 5.41) is 9.63. The van der Waals surface area contributed by atoms with E-state index >= 15 is 0 Å². The number of carbonyl (C=O) groups excluding carboxylic acids is 2. The van der Waals surface area contributed by atoms with Gasteiger partial charge in [-0.25, -0.2) is 0 Å². The number of aromatic amines is 1. The Labute approximate surface area is 117 Å². The zero-order valence-electron chi connectivity index (χ0n) is 11.7. The summed E-state index contributed by atoms with van der Waals surface area (Å²) in [5.41, 5.74) is 0.921. The molecular formula is C14H20N4O2. The predicted molar refractivity (Wildman–Crippen MR) is 74.0 cm³/mol. The van der Waals surface area contributed by atoms with Gasteiger partial charge in [-0.2, -0.15) is 5.10 Å². The molecule has 2 amide bonds. The average molecular weight is 276 g/mol. The fourth-order valence-electron chi connectivity index (χ4n) is 2.66. The molecule has 1 aliphatic carbocycles. The summed E-state index contributed by atoms with van der Waals surface area (Å²) in [4.78, 5) is 26.0. The molecule has 1 aliphatic heterocycles. The molecule has 0 bridgehead atoms. The standard InChI is InChI=1S/C14H20N4O2/c1-9-8-12(17-16-9)15-13(19)10-4-6-18(7-5-10)14(20)11-2-3-11/h8,10-11H,2-7H2,1H3,(H2,15,16,17,19). The van der Waals surface area contributed by atoms with Crippen molar-refractivity contribution in [3.8, 4) is 0 Å². The van der Waals surface area contributed by atoms with Gasteiger partial charge in [-0.1, -0.05) is 0 Å². The number of amides is 2. The molecule has 3 rings (SSSR count). The van der Waals surface area contributed by atoms with Crippen LogP contribution in [0.25, 0.3) is 0 Å². The molecule has 0 atom stereocenters. The quantitative estimate of drug-likeness (QED) is 0.873. The Kier molecular flexibility index (Phi) is 3.46. The zero-order chi connectivity index (χ0) is 14.1. The second kappa shape index (κ2) is 5.26. The van der Waals surface area contributed by atoms with Crippen LogP contribution in [0.4, 0.5) is 5.82 Å². The van der Waals surface area contributed by atoms with E-state index in [1.807, 2.05) is 17.9 Å². The summed E-state index contributed by atoms with van der Waals surface area (Å²) in [6.07, 6.45) is 3.57. The Hall–Kier alpha value is -1.85. The molecule has 6 heteroatoms. The maximum Gasteiger partial charge on any atom is 0.228 e. The molecular weight excluding hydrogens is 256 g/mol. The van der Waals surface area contributed by atoms with Gasteiger partial charge >= 0.3 is 0 Å². The monoisotopic (exact) mass is 276 g/mol. The summed E-state index contributed by atoms with van der Waals surface area (Å²) in [6.45, 7) is 3.30. The number of nitrogens with one attached hydrogen (secondary N) is 2. The van der Waals surface area contributed by atoms with Gasteiger partial charge in [-0.15, -0.1) is 0 Å². The third-order valence-corrected chi connectivity index (χ3v) is 4.06. The first kappa shape index (κ1) is 13.1. The normalized spacial score (nSPS) is 19.9. The van der Waals surface area contributed by atoms with Crippen molar-refractivity contribution in [1.29, 1.82) is 0 Å². The van der Waals surface area contributed by atoms with E-state index in [0.717, 1.165) is 31.4 Å². The molecule has 1 saturated carbocycles. The molecule has 2 N–H and O–H groups in total. The highest BCUT2D eigenvalue weighted by Crippen LogP contribution is 2.32. The van der Waals surface area contributed by atoms with Gasteiger partial charge in [0.2, 0.25) is 11.8 Å². The number of H-pyrrole nitrogens is 1. The van der Waals surface area contributed by atoms with Crippen LogP contribution in [0.5, 0.6) is 0 Å². The summed E-state index contributed by atoms with van der Waals surface area (Å²) >= 11 is 0. The second-order valence-electron chi connectivity index (χ2n) is 5.80. The molecule has 0 spiro atoms. The van der Waals surface area contributed by atoms with Crippen molar-refractivity contribution in [2.45, 2.75) is 32.6 Å². The second-order valence-corrected chi connectivity index (χ2v) is 5.80. The fraction of sp³-hybridized carbons (Fsp3) is 0.643. The molecule has 0 unspecified atom stereocenters. The van der Waals surface area contributed by atoms with E-state index in [2.05, 4.69) is 15.5 Å². The number of piperidine rings is 1. The molecule has 0 aromatic carbocycles. The van der Waals surface area contributed by atoms with E-state index in [-0.39, 0.29) is 23.7 Å². The van der Waals surface area contributed by atoms with Crippen molar-refractivity contribution in [3.05, 3.63) is 11.8 Å². The molecule has 1 saturated heterocycles. The first-order valence-electron chi connectivity index (χ1n) is 7.25. The molecule has 108 valence electrons. The summed E-state index contributed by atoms with van der Waals surface area (Å²) in [5.74, 6) is 1.12. The van der Waals surface area contributed by atoms with E-state index in [0.29, 0.717) is 18.9 Å². The van der Waals surface area contributed by atoms with Gasteiger partial charge in [0.25, 0.3) is 0 Å². The first-order valence-corrected chi connectivity index (χ1v) is 7.25. The van der Waals surface area contributed by atoms with Gasteiger partial charge in [0, 0.05) is 36.7 Å². The molecule has 20 heavy (non-hydrogen) atoms. The predicted octanol–water partition coefficient (Wildman–Crippen LogP) is 1.31. The van der Waals surface area contributed by atoms with Gasteiger partial charge in [0.15, 0.2) is 5.82 Å². The number of aromatic nitrogens is 2. The van der Waals surface area contributed by atoms with Gasteiger partial charge in [0.05, 0.1) is 0 Å². The molecule has 2 heterocycles. The van der Waals surface area contributed by atoms with Gasteiger partial charge in [0.1, 0.15) is 0 Å². The Balaban J connectivity index is 1.49. The molecule has 1 aromatic heterocycles. The number of hydrogen-bond acceptors (Lipinski definition) is 3. The van der Waals surface area contributed by atoms with Crippen LogP contribution in [0.15, 0.2) is 6.07 Å². The SMILES string of the molecule is Cc1cc(NC(=O)C2CCN(C(=O)C3CC3)CC2)n[nH]1. The molecule has 6 nitrogen and oxygen atoms in total. The number of rotatable bonds is 3. The van der Waals surface area contributed by atoms with E-state index in [1.165, 1.54) is 0 Å². The van der Waals surface area contributed by atoms with Crippen LogP contribution in [-0.2, 0) is 9.59 Å². The lowest BCUT2D eigenvalue weighted by molar-refractivity contribution is -0.135. The highest BCUT2D eigenvalue weighted by atomic mass is 16.2. The van der Waals surface area contributed by atoms with E-state index in [1.54, 1.807) is 0 Å². The van der Waals surface area contributed by atoms with Crippen molar-refractivity contribution < 1.29 is 9.59 Å². The third-order valence-electron chi connectivity index (χ3n) is 4.06. The van der Waals surface area contributed by atoms with Crippen LogP contribution in [-0.4, -0.2) is 40.0 Å². The van der Waals surface area contributed by atoms with E-state index in [9.17, 15) is 9.59 Å². The minimum absolute atomic E-state index is 0.00928. The van der Waals surface area contributed by atoms with Gasteiger partial charge in [-0.05, 0) is 32.6 Å². The van der Waals surface area contributed by atoms with Crippen molar-refractivity contribution >= 4 is 17.6 Å². The number of aryl methyl sites for hydroxylation is 1. The topological polar surface area (TPSA) is 78.1 Å². The van der Waals surface area contributed by atoms with Crippen molar-refractivity contribution in [3.63, 3.8) is 0 Å². The lowest BCUT2D eigenvalue weighted by Gasteiger charge is -2.31. The Morgan fingerprint density at radius 3 is 2.50 bits per heavy atom. The maximum absolute atomic E-state index is 12.1. The number of nitrogens with zero attached hydrogens (tertiary/aromatic N) is 2. The van der Waals surface area contributed by atoms with Crippen LogP contribution in [0, 0.1) is 18.8 Å². The lowest BCUT2D eigenvalue weighted by Crippen LogP contribution is -2.42. The number of hydrogen-bond donors (Lipinski definition) is 2. The van der Waals surface area contributed by atoms with Crippen LogP contribution in [0.3, 0.4) is 0 Å². The molecule has 0 radical (unpaired) electrons. The van der Waals surface area contributed by atoms with Crippen LogP contribution < -0.4 is 5.32 Å². The number of likely N-dealkylation sites (tertiary alicyclic amines) is 1. The Morgan fingerprint density at radius 2 is 1.95 bits per heavy atom. The van der Waals surface area contributed by atoms with Gasteiger partial charge in [-0.3, -0.25) is 14.7 Å². The molecule has 1 aromatic rings. The smallest absolute Gasteiger partial charge is 0.228 e. The van der Waals surface area contributed by atoms with E-state index < -0.39 is 0 Å². The first-order chi connectivity index (χ1) is 9.63. The number of carbonyl (C=O) groups is 2. The largest absolute Gasteiger partial charge is 0.342 e.